The minimum absolute atomic E-state index is 0.113. The Bertz CT molecular complexity index is 377. The normalized spacial score (nSPS) is 11.1. The van der Waals surface area contributed by atoms with Crippen LogP contribution in [-0.2, 0) is 6.54 Å². The first-order valence-corrected chi connectivity index (χ1v) is 7.32. The fourth-order valence-corrected chi connectivity index (χ4v) is 2.16. The molecule has 0 aliphatic rings. The molecule has 0 amide bonds. The lowest BCUT2D eigenvalue weighted by Crippen LogP contribution is -2.28. The van der Waals surface area contributed by atoms with E-state index in [2.05, 4.69) is 37.9 Å². The Balaban J connectivity index is 2.74. The predicted molar refractivity (Wildman–Crippen MR) is 81.1 cm³/mol. The molecule has 1 N–H and O–H groups in total. The molecule has 0 aliphatic heterocycles. The molecular weight excluding hydrogens is 239 g/mol. The lowest BCUT2D eigenvalue weighted by atomic mass is 10.1. The third-order valence-corrected chi connectivity index (χ3v) is 3.08. The number of rotatable bonds is 8. The van der Waals surface area contributed by atoms with Crippen LogP contribution in [0.25, 0.3) is 0 Å². The molecule has 108 valence electrons. The van der Waals surface area contributed by atoms with Crippen molar-refractivity contribution >= 4 is 5.69 Å². The summed E-state index contributed by atoms with van der Waals surface area (Å²) in [4.78, 5) is 2.10. The number of hydrogen-bond acceptors (Lipinski definition) is 2. The van der Waals surface area contributed by atoms with E-state index in [1.807, 2.05) is 12.1 Å². The molecule has 0 heterocycles. The van der Waals surface area contributed by atoms with Crippen molar-refractivity contribution in [2.45, 2.75) is 40.7 Å². The average Bonchev–Trinajstić information content (AvgIpc) is 2.37. The summed E-state index contributed by atoms with van der Waals surface area (Å²) in [7, 11) is 0. The predicted octanol–water partition coefficient (Wildman–Crippen LogP) is 3.81. The molecule has 1 rings (SSSR count). The number of halogens is 1. The SMILES string of the molecule is CCCNCc1ccc(N(CC)CC(C)C)c(F)c1. The average molecular weight is 266 g/mol. The zero-order chi connectivity index (χ0) is 14.3. The third kappa shape index (κ3) is 5.19. The monoisotopic (exact) mass is 266 g/mol. The lowest BCUT2D eigenvalue weighted by molar-refractivity contribution is 0.583. The van der Waals surface area contributed by atoms with Gasteiger partial charge in [-0.3, -0.25) is 0 Å². The van der Waals surface area contributed by atoms with Crippen molar-refractivity contribution in [2.24, 2.45) is 5.92 Å². The zero-order valence-corrected chi connectivity index (χ0v) is 12.7. The van der Waals surface area contributed by atoms with Gasteiger partial charge in [0.2, 0.25) is 0 Å². The van der Waals surface area contributed by atoms with Gasteiger partial charge in [0, 0.05) is 19.6 Å². The molecule has 19 heavy (non-hydrogen) atoms. The van der Waals surface area contributed by atoms with Gasteiger partial charge in [-0.05, 0) is 43.5 Å². The molecular formula is C16H27FN2. The first-order valence-electron chi connectivity index (χ1n) is 7.32. The van der Waals surface area contributed by atoms with Crippen molar-refractivity contribution < 1.29 is 4.39 Å². The Kier molecular flexibility index (Phi) is 6.85. The van der Waals surface area contributed by atoms with Gasteiger partial charge in [0.1, 0.15) is 5.82 Å². The summed E-state index contributed by atoms with van der Waals surface area (Å²) in [6.07, 6.45) is 1.10. The molecule has 0 radical (unpaired) electrons. The number of anilines is 1. The number of hydrogen-bond donors (Lipinski definition) is 1. The van der Waals surface area contributed by atoms with Gasteiger partial charge >= 0.3 is 0 Å². The Hall–Kier alpha value is -1.09. The highest BCUT2D eigenvalue weighted by molar-refractivity contribution is 5.49. The molecule has 0 aliphatic carbocycles. The van der Waals surface area contributed by atoms with Gasteiger partial charge in [-0.1, -0.05) is 26.8 Å². The Morgan fingerprint density at radius 1 is 1.26 bits per heavy atom. The Labute approximate surface area is 117 Å². The van der Waals surface area contributed by atoms with E-state index in [1.54, 1.807) is 6.07 Å². The van der Waals surface area contributed by atoms with Gasteiger partial charge in [-0.25, -0.2) is 4.39 Å². The minimum Gasteiger partial charge on any atom is -0.369 e. The fraction of sp³-hybridized carbons (Fsp3) is 0.625. The molecule has 0 spiro atoms. The quantitative estimate of drug-likeness (QED) is 0.720. The first-order chi connectivity index (χ1) is 9.08. The van der Waals surface area contributed by atoms with E-state index in [4.69, 9.17) is 0 Å². The molecule has 2 nitrogen and oxygen atoms in total. The largest absolute Gasteiger partial charge is 0.369 e. The lowest BCUT2D eigenvalue weighted by Gasteiger charge is -2.25. The fourth-order valence-electron chi connectivity index (χ4n) is 2.16. The highest BCUT2D eigenvalue weighted by Crippen LogP contribution is 2.21. The van der Waals surface area contributed by atoms with Crippen LogP contribution in [0.4, 0.5) is 10.1 Å². The van der Waals surface area contributed by atoms with Crippen LogP contribution in [0.5, 0.6) is 0 Å². The van der Waals surface area contributed by atoms with Crippen molar-refractivity contribution in [2.75, 3.05) is 24.5 Å². The van der Waals surface area contributed by atoms with E-state index in [9.17, 15) is 4.39 Å². The second-order valence-electron chi connectivity index (χ2n) is 5.40. The van der Waals surface area contributed by atoms with E-state index in [1.165, 1.54) is 0 Å². The van der Waals surface area contributed by atoms with Crippen LogP contribution in [0.15, 0.2) is 18.2 Å². The van der Waals surface area contributed by atoms with Crippen LogP contribution in [0.2, 0.25) is 0 Å². The topological polar surface area (TPSA) is 15.3 Å². The second kappa shape index (κ2) is 8.16. The summed E-state index contributed by atoms with van der Waals surface area (Å²) >= 11 is 0. The number of nitrogens with zero attached hydrogens (tertiary/aromatic N) is 1. The van der Waals surface area contributed by atoms with Gasteiger partial charge in [0.05, 0.1) is 5.69 Å². The molecule has 3 heteroatoms. The standard InChI is InChI=1S/C16H27FN2/c1-5-9-18-11-14-7-8-16(15(17)10-14)19(6-2)12-13(3)4/h7-8,10,13,18H,5-6,9,11-12H2,1-4H3. The maximum absolute atomic E-state index is 14.2. The third-order valence-electron chi connectivity index (χ3n) is 3.08. The van der Waals surface area contributed by atoms with Crippen LogP contribution >= 0.6 is 0 Å². The number of benzene rings is 1. The van der Waals surface area contributed by atoms with E-state index in [0.717, 1.165) is 43.9 Å². The first kappa shape index (κ1) is 16.0. The molecule has 0 fully saturated rings. The van der Waals surface area contributed by atoms with E-state index in [0.29, 0.717) is 5.92 Å². The highest BCUT2D eigenvalue weighted by Gasteiger charge is 2.11. The number of nitrogens with one attached hydrogen (secondary N) is 1. The maximum Gasteiger partial charge on any atom is 0.146 e. The van der Waals surface area contributed by atoms with Gasteiger partial charge in [0.25, 0.3) is 0 Å². The highest BCUT2D eigenvalue weighted by atomic mass is 19.1. The molecule has 0 atom stereocenters. The summed E-state index contributed by atoms with van der Waals surface area (Å²) in [5.41, 5.74) is 1.73. The second-order valence-corrected chi connectivity index (χ2v) is 5.40. The van der Waals surface area contributed by atoms with Crippen molar-refractivity contribution in [3.63, 3.8) is 0 Å². The van der Waals surface area contributed by atoms with E-state index >= 15 is 0 Å². The van der Waals surface area contributed by atoms with Crippen LogP contribution < -0.4 is 10.2 Å². The van der Waals surface area contributed by atoms with Crippen LogP contribution in [-0.4, -0.2) is 19.6 Å². The summed E-state index contributed by atoms with van der Waals surface area (Å²) in [6.45, 7) is 11.9. The van der Waals surface area contributed by atoms with Crippen molar-refractivity contribution in [1.29, 1.82) is 0 Å². The molecule has 0 saturated carbocycles. The molecule has 0 unspecified atom stereocenters. The molecule has 1 aromatic rings. The zero-order valence-electron chi connectivity index (χ0n) is 12.7. The maximum atomic E-state index is 14.2. The van der Waals surface area contributed by atoms with Crippen molar-refractivity contribution in [1.82, 2.24) is 5.32 Å². The molecule has 0 bridgehead atoms. The van der Waals surface area contributed by atoms with Crippen molar-refractivity contribution in [3.8, 4) is 0 Å². The van der Waals surface area contributed by atoms with E-state index in [-0.39, 0.29) is 5.82 Å². The molecule has 1 aromatic carbocycles. The van der Waals surface area contributed by atoms with Crippen LogP contribution in [0.3, 0.4) is 0 Å². The summed E-state index contributed by atoms with van der Waals surface area (Å²) in [6, 6.07) is 5.58. The molecule has 0 aromatic heterocycles. The minimum atomic E-state index is -0.113. The van der Waals surface area contributed by atoms with Crippen LogP contribution in [0, 0.1) is 11.7 Å². The van der Waals surface area contributed by atoms with Gasteiger partial charge < -0.3 is 10.2 Å². The van der Waals surface area contributed by atoms with Gasteiger partial charge in [0.15, 0.2) is 0 Å². The Morgan fingerprint density at radius 2 is 2.00 bits per heavy atom. The summed E-state index contributed by atoms with van der Waals surface area (Å²) in [5, 5.41) is 3.29. The Morgan fingerprint density at radius 3 is 2.53 bits per heavy atom. The summed E-state index contributed by atoms with van der Waals surface area (Å²) in [5.74, 6) is 0.420. The smallest absolute Gasteiger partial charge is 0.146 e. The summed E-state index contributed by atoms with van der Waals surface area (Å²) < 4.78 is 14.2. The van der Waals surface area contributed by atoms with Crippen LogP contribution in [0.1, 0.15) is 39.7 Å². The van der Waals surface area contributed by atoms with Crippen molar-refractivity contribution in [3.05, 3.63) is 29.6 Å². The van der Waals surface area contributed by atoms with E-state index < -0.39 is 0 Å². The van der Waals surface area contributed by atoms with Gasteiger partial charge in [-0.15, -0.1) is 0 Å². The molecule has 0 saturated heterocycles. The van der Waals surface area contributed by atoms with Gasteiger partial charge in [-0.2, -0.15) is 0 Å².